The molecular formula is C21H34O3. The normalized spacial score (nSPS) is 53.0. The van der Waals surface area contributed by atoms with Crippen LogP contribution in [0.15, 0.2) is 0 Å². The molecule has 3 heteroatoms. The van der Waals surface area contributed by atoms with Gasteiger partial charge in [-0.25, -0.2) is 0 Å². The molecule has 0 saturated heterocycles. The highest BCUT2D eigenvalue weighted by Crippen LogP contribution is 2.67. The van der Waals surface area contributed by atoms with E-state index in [2.05, 4.69) is 13.8 Å². The van der Waals surface area contributed by atoms with Gasteiger partial charge in [-0.05, 0) is 86.4 Å². The fourth-order valence-electron chi connectivity index (χ4n) is 7.89. The molecule has 136 valence electrons. The van der Waals surface area contributed by atoms with E-state index < -0.39 is 5.79 Å². The second kappa shape index (κ2) is 5.30. The first-order valence-corrected chi connectivity index (χ1v) is 10.1. The Hall–Kier alpha value is -0.410. The summed E-state index contributed by atoms with van der Waals surface area (Å²) in [4.78, 5) is 12.2. The molecule has 7 atom stereocenters. The molecule has 0 bridgehead atoms. The number of Topliss-reactive ketones (excluding diaryl/α,β-unsaturated/α-hetero) is 1. The van der Waals surface area contributed by atoms with Crippen molar-refractivity contribution in [2.75, 3.05) is 0 Å². The number of carbonyl (C=O) groups is 1. The predicted molar refractivity (Wildman–Crippen MR) is 93.1 cm³/mol. The van der Waals surface area contributed by atoms with E-state index in [-0.39, 0.29) is 16.7 Å². The van der Waals surface area contributed by atoms with Gasteiger partial charge in [0.25, 0.3) is 0 Å². The Morgan fingerprint density at radius 3 is 2.29 bits per heavy atom. The number of ketones is 1. The molecule has 24 heavy (non-hydrogen) atoms. The maximum Gasteiger partial charge on any atom is 0.162 e. The van der Waals surface area contributed by atoms with E-state index in [1.54, 1.807) is 6.92 Å². The summed E-state index contributed by atoms with van der Waals surface area (Å²) in [7, 11) is 0. The molecular weight excluding hydrogens is 300 g/mol. The lowest BCUT2D eigenvalue weighted by Gasteiger charge is -2.61. The first-order valence-electron chi connectivity index (χ1n) is 10.1. The molecule has 2 N–H and O–H groups in total. The van der Waals surface area contributed by atoms with Gasteiger partial charge in [0.05, 0.1) is 0 Å². The highest BCUT2D eigenvalue weighted by atomic mass is 16.5. The summed E-state index contributed by atoms with van der Waals surface area (Å²) in [5.74, 6) is 1.88. The SMILES string of the molecule is CC(=O)[C@H]1CC[C@H]2[C@@H]3CC[C@H]4CC(O)(O)CC[C@]4(C)[C@H]3CC[C@]12C. The molecule has 0 aromatic heterocycles. The van der Waals surface area contributed by atoms with Gasteiger partial charge in [-0.3, -0.25) is 4.79 Å². The van der Waals surface area contributed by atoms with Crippen LogP contribution in [0, 0.1) is 40.4 Å². The smallest absolute Gasteiger partial charge is 0.162 e. The fraction of sp³-hybridized carbons (Fsp3) is 0.952. The minimum atomic E-state index is -1.44. The minimum Gasteiger partial charge on any atom is -0.366 e. The van der Waals surface area contributed by atoms with Crippen LogP contribution in [-0.2, 0) is 4.79 Å². The number of carbonyl (C=O) groups excluding carboxylic acids is 1. The van der Waals surface area contributed by atoms with Gasteiger partial charge in [-0.2, -0.15) is 0 Å². The lowest BCUT2D eigenvalue weighted by Crippen LogP contribution is -2.56. The number of fused-ring (bicyclic) bond motifs is 5. The molecule has 0 aromatic carbocycles. The summed E-state index contributed by atoms with van der Waals surface area (Å²) in [5.41, 5.74) is 0.496. The van der Waals surface area contributed by atoms with Gasteiger partial charge < -0.3 is 10.2 Å². The average Bonchev–Trinajstić information content (AvgIpc) is 2.85. The Bertz CT molecular complexity index is 541. The van der Waals surface area contributed by atoms with Gasteiger partial charge in [0.2, 0.25) is 0 Å². The molecule has 4 aliphatic rings. The van der Waals surface area contributed by atoms with Gasteiger partial charge in [0.15, 0.2) is 5.79 Å². The zero-order valence-electron chi connectivity index (χ0n) is 15.6. The molecule has 4 rings (SSSR count). The largest absolute Gasteiger partial charge is 0.366 e. The topological polar surface area (TPSA) is 57.5 Å². The fourth-order valence-corrected chi connectivity index (χ4v) is 7.89. The number of hydrogen-bond acceptors (Lipinski definition) is 3. The van der Waals surface area contributed by atoms with Crippen molar-refractivity contribution in [2.24, 2.45) is 40.4 Å². The zero-order chi connectivity index (χ0) is 17.3. The van der Waals surface area contributed by atoms with Crippen LogP contribution >= 0.6 is 0 Å². The van der Waals surface area contributed by atoms with Crippen LogP contribution in [0.2, 0.25) is 0 Å². The summed E-state index contributed by atoms with van der Waals surface area (Å²) < 4.78 is 0. The quantitative estimate of drug-likeness (QED) is 0.715. The molecule has 0 spiro atoms. The van der Waals surface area contributed by atoms with Gasteiger partial charge in [0, 0.05) is 18.8 Å². The number of rotatable bonds is 1. The van der Waals surface area contributed by atoms with Crippen LogP contribution in [0.3, 0.4) is 0 Å². The monoisotopic (exact) mass is 334 g/mol. The second-order valence-electron chi connectivity index (χ2n) is 10.1. The highest BCUT2D eigenvalue weighted by Gasteiger charge is 2.61. The van der Waals surface area contributed by atoms with Gasteiger partial charge in [-0.15, -0.1) is 0 Å². The standard InChI is InChI=1S/C21H34O3/c1-13(22)16-6-7-17-15-5-4-14-12-21(23,24)11-10-19(14,2)18(15)8-9-20(16,17)3/h14-18,23-24H,4-12H2,1-3H3/t14-,15-,16+,17-,18-,19-,20+/m0/s1. The van der Waals surface area contributed by atoms with Crippen molar-refractivity contribution in [1.82, 2.24) is 0 Å². The van der Waals surface area contributed by atoms with Gasteiger partial charge >= 0.3 is 0 Å². The highest BCUT2D eigenvalue weighted by molar-refractivity contribution is 5.79. The summed E-state index contributed by atoms with van der Waals surface area (Å²) >= 11 is 0. The first kappa shape index (κ1) is 17.0. The third-order valence-electron chi connectivity index (χ3n) is 9.19. The summed E-state index contributed by atoms with van der Waals surface area (Å²) in [6.45, 7) is 6.63. The number of aliphatic hydroxyl groups is 2. The van der Waals surface area contributed by atoms with Crippen molar-refractivity contribution in [2.45, 2.75) is 84.3 Å². The molecule has 0 amide bonds. The van der Waals surface area contributed by atoms with Crippen molar-refractivity contribution in [3.63, 3.8) is 0 Å². The molecule has 0 aromatic rings. The Morgan fingerprint density at radius 1 is 0.875 bits per heavy atom. The van der Waals surface area contributed by atoms with Crippen LogP contribution < -0.4 is 0 Å². The predicted octanol–water partition coefficient (Wildman–Crippen LogP) is 3.92. The molecule has 4 fully saturated rings. The molecule has 0 radical (unpaired) electrons. The van der Waals surface area contributed by atoms with Crippen molar-refractivity contribution in [3.8, 4) is 0 Å². The summed E-state index contributed by atoms with van der Waals surface area (Å²) in [6, 6.07) is 0. The van der Waals surface area contributed by atoms with Crippen LogP contribution in [-0.4, -0.2) is 21.8 Å². The Labute approximate surface area is 146 Å². The molecule has 0 aliphatic heterocycles. The van der Waals surface area contributed by atoms with E-state index in [0.717, 1.165) is 31.1 Å². The third-order valence-corrected chi connectivity index (χ3v) is 9.19. The molecule has 4 aliphatic carbocycles. The van der Waals surface area contributed by atoms with E-state index in [1.807, 2.05) is 0 Å². The van der Waals surface area contributed by atoms with Gasteiger partial charge in [-0.1, -0.05) is 13.8 Å². The minimum absolute atomic E-state index is 0.225. The lowest BCUT2D eigenvalue weighted by molar-refractivity contribution is -0.233. The molecule has 3 nitrogen and oxygen atoms in total. The van der Waals surface area contributed by atoms with E-state index >= 15 is 0 Å². The van der Waals surface area contributed by atoms with E-state index in [1.165, 1.54) is 25.7 Å². The van der Waals surface area contributed by atoms with Crippen molar-refractivity contribution in [3.05, 3.63) is 0 Å². The van der Waals surface area contributed by atoms with Crippen molar-refractivity contribution >= 4 is 5.78 Å². The summed E-state index contributed by atoms with van der Waals surface area (Å²) in [5, 5.41) is 20.3. The van der Waals surface area contributed by atoms with E-state index in [9.17, 15) is 15.0 Å². The Balaban J connectivity index is 1.61. The molecule has 0 unspecified atom stereocenters. The average molecular weight is 335 g/mol. The Morgan fingerprint density at radius 2 is 1.58 bits per heavy atom. The molecule has 4 saturated carbocycles. The summed E-state index contributed by atoms with van der Waals surface area (Å²) in [6.07, 6.45) is 9.15. The van der Waals surface area contributed by atoms with Crippen LogP contribution in [0.5, 0.6) is 0 Å². The third kappa shape index (κ3) is 2.26. The second-order valence-corrected chi connectivity index (χ2v) is 10.1. The maximum absolute atomic E-state index is 12.2. The Kier molecular flexibility index (Phi) is 3.76. The van der Waals surface area contributed by atoms with E-state index in [0.29, 0.717) is 30.5 Å². The number of hydrogen-bond donors (Lipinski definition) is 2. The van der Waals surface area contributed by atoms with Crippen molar-refractivity contribution in [1.29, 1.82) is 0 Å². The van der Waals surface area contributed by atoms with Crippen LogP contribution in [0.1, 0.15) is 78.6 Å². The first-order chi connectivity index (χ1) is 11.2. The van der Waals surface area contributed by atoms with E-state index in [4.69, 9.17) is 0 Å². The molecule has 0 heterocycles. The van der Waals surface area contributed by atoms with Crippen molar-refractivity contribution < 1.29 is 15.0 Å². The maximum atomic E-state index is 12.2. The van der Waals surface area contributed by atoms with Crippen LogP contribution in [0.25, 0.3) is 0 Å². The lowest BCUT2D eigenvalue weighted by atomic mass is 9.44. The van der Waals surface area contributed by atoms with Crippen LogP contribution in [0.4, 0.5) is 0 Å². The zero-order valence-corrected chi connectivity index (χ0v) is 15.6. The van der Waals surface area contributed by atoms with Gasteiger partial charge in [0.1, 0.15) is 5.78 Å².